The monoisotopic (exact) mass is 395 g/mol. The molecule has 0 bridgehead atoms. The predicted molar refractivity (Wildman–Crippen MR) is 111 cm³/mol. The highest BCUT2D eigenvalue weighted by Crippen LogP contribution is 2.31. The molecule has 0 radical (unpaired) electrons. The van der Waals surface area contributed by atoms with Gasteiger partial charge in [-0.15, -0.1) is 23.7 Å². The number of aryl methyl sites for hydroxylation is 1. The summed E-state index contributed by atoms with van der Waals surface area (Å²) >= 11 is 3.07. The van der Waals surface area contributed by atoms with Gasteiger partial charge in [-0.3, -0.25) is 9.69 Å². The van der Waals surface area contributed by atoms with Crippen molar-refractivity contribution < 1.29 is 4.79 Å². The number of halogens is 1. The van der Waals surface area contributed by atoms with Crippen molar-refractivity contribution in [3.8, 4) is 0 Å². The minimum absolute atomic E-state index is 0. The number of anilines is 1. The number of para-hydroxylation sites is 1. The number of carbonyl (C=O) groups excluding carboxylic acids is 1. The molecule has 0 aliphatic heterocycles. The maximum atomic E-state index is 12.9. The van der Waals surface area contributed by atoms with Crippen LogP contribution < -0.4 is 4.90 Å². The van der Waals surface area contributed by atoms with Gasteiger partial charge >= 0.3 is 0 Å². The van der Waals surface area contributed by atoms with Crippen molar-refractivity contribution in [2.24, 2.45) is 0 Å². The molecule has 25 heavy (non-hydrogen) atoms. The quantitative estimate of drug-likeness (QED) is 0.607. The first-order chi connectivity index (χ1) is 11.6. The average molecular weight is 396 g/mol. The molecule has 2 heterocycles. The summed E-state index contributed by atoms with van der Waals surface area (Å²) in [5, 5.41) is 2.73. The van der Waals surface area contributed by atoms with Crippen LogP contribution in [0.3, 0.4) is 0 Å². The van der Waals surface area contributed by atoms with Crippen molar-refractivity contribution in [2.45, 2.75) is 13.3 Å². The molecule has 2 aromatic heterocycles. The first-order valence-corrected chi connectivity index (χ1v) is 9.62. The molecule has 0 aliphatic carbocycles. The molecule has 1 aromatic carbocycles. The molecule has 0 spiro atoms. The minimum Gasteiger partial charge on any atom is -0.309 e. The molecule has 0 aliphatic rings. The first-order valence-electron chi connectivity index (χ1n) is 7.92. The lowest BCUT2D eigenvalue weighted by atomic mass is 10.2. The number of benzene rings is 1. The Morgan fingerprint density at radius 2 is 1.96 bits per heavy atom. The normalized spacial score (nSPS) is 10.9. The fraction of sp³-hybridized carbons (Fsp3) is 0.333. The number of thiophene rings is 1. The van der Waals surface area contributed by atoms with E-state index >= 15 is 0 Å². The van der Waals surface area contributed by atoms with E-state index in [0.29, 0.717) is 6.54 Å². The number of carbonyl (C=O) groups is 1. The fourth-order valence-corrected chi connectivity index (χ4v) is 4.29. The largest absolute Gasteiger partial charge is 0.309 e. The van der Waals surface area contributed by atoms with Crippen LogP contribution in [0, 0.1) is 6.92 Å². The molecule has 4 nitrogen and oxygen atoms in total. The molecule has 0 fully saturated rings. The average Bonchev–Trinajstić information content (AvgIpc) is 3.20. The summed E-state index contributed by atoms with van der Waals surface area (Å²) in [6.07, 6.45) is 0.916. The number of rotatable bonds is 6. The zero-order valence-corrected chi connectivity index (χ0v) is 17.0. The maximum absolute atomic E-state index is 12.9. The van der Waals surface area contributed by atoms with Crippen LogP contribution in [0.15, 0.2) is 35.7 Å². The third kappa shape index (κ3) is 4.58. The summed E-state index contributed by atoms with van der Waals surface area (Å²) in [5.41, 5.74) is 2.14. The Hall–Kier alpha value is -1.47. The van der Waals surface area contributed by atoms with Crippen LogP contribution in [0.1, 0.15) is 21.7 Å². The van der Waals surface area contributed by atoms with Gasteiger partial charge in [0.1, 0.15) is 0 Å². The number of hydrogen-bond acceptors (Lipinski definition) is 5. The summed E-state index contributed by atoms with van der Waals surface area (Å²) in [6, 6.07) is 9.96. The van der Waals surface area contributed by atoms with Crippen LogP contribution in [-0.4, -0.2) is 43.0 Å². The summed E-state index contributed by atoms with van der Waals surface area (Å²) in [6.45, 7) is 3.68. The smallest absolute Gasteiger partial charge is 0.270 e. The van der Waals surface area contributed by atoms with Gasteiger partial charge in [-0.25, -0.2) is 4.98 Å². The van der Waals surface area contributed by atoms with Crippen LogP contribution in [0.4, 0.5) is 5.13 Å². The Morgan fingerprint density at radius 1 is 1.16 bits per heavy atom. The summed E-state index contributed by atoms with van der Waals surface area (Å²) in [7, 11) is 4.10. The van der Waals surface area contributed by atoms with Crippen molar-refractivity contribution >= 4 is 56.3 Å². The molecule has 3 rings (SSSR count). The van der Waals surface area contributed by atoms with Gasteiger partial charge in [-0.1, -0.05) is 29.5 Å². The molecular weight excluding hydrogens is 374 g/mol. The first kappa shape index (κ1) is 19.8. The Morgan fingerprint density at radius 3 is 2.60 bits per heavy atom. The number of aromatic nitrogens is 1. The van der Waals surface area contributed by atoms with E-state index in [-0.39, 0.29) is 18.3 Å². The molecule has 0 N–H and O–H groups in total. The van der Waals surface area contributed by atoms with Gasteiger partial charge in [-0.2, -0.15) is 0 Å². The van der Waals surface area contributed by atoms with Crippen LogP contribution in [0.2, 0.25) is 0 Å². The van der Waals surface area contributed by atoms with Crippen molar-refractivity contribution in [3.63, 3.8) is 0 Å². The fourth-order valence-electron chi connectivity index (χ4n) is 2.55. The lowest BCUT2D eigenvalue weighted by molar-refractivity contribution is 0.0990. The molecule has 1 amide bonds. The Balaban J connectivity index is 0.00000225. The second-order valence-electron chi connectivity index (χ2n) is 6.01. The number of amides is 1. The Kier molecular flexibility index (Phi) is 6.95. The second kappa shape index (κ2) is 8.76. The van der Waals surface area contributed by atoms with E-state index in [1.54, 1.807) is 11.3 Å². The molecular formula is C18H22ClN3OS2. The molecule has 0 unspecified atom stereocenters. The Labute approximate surface area is 162 Å². The maximum Gasteiger partial charge on any atom is 0.270 e. The second-order valence-corrected chi connectivity index (χ2v) is 7.97. The summed E-state index contributed by atoms with van der Waals surface area (Å²) < 4.78 is 1.13. The van der Waals surface area contributed by atoms with Crippen LogP contribution in [0.5, 0.6) is 0 Å². The van der Waals surface area contributed by atoms with Crippen molar-refractivity contribution in [2.75, 3.05) is 32.1 Å². The highest BCUT2D eigenvalue weighted by atomic mass is 35.5. The van der Waals surface area contributed by atoms with Gasteiger partial charge in [-0.05, 0) is 57.1 Å². The zero-order chi connectivity index (χ0) is 17.1. The van der Waals surface area contributed by atoms with Crippen molar-refractivity contribution in [3.05, 3.63) is 46.2 Å². The standard InChI is InChI=1S/C18H21N3OS2.ClH/c1-13-7-4-8-14-16(13)19-18(24-14)21(11-6-10-20(2)3)17(22)15-9-5-12-23-15;/h4-5,7-9,12H,6,10-11H2,1-3H3;1H. The van der Waals surface area contributed by atoms with Gasteiger partial charge in [0.2, 0.25) is 0 Å². The van der Waals surface area contributed by atoms with E-state index in [9.17, 15) is 4.79 Å². The number of hydrogen-bond donors (Lipinski definition) is 0. The molecule has 0 saturated heterocycles. The third-order valence-corrected chi connectivity index (χ3v) is 5.71. The SMILES string of the molecule is Cc1cccc2sc(N(CCCN(C)C)C(=O)c3cccs3)nc12.Cl. The van der Waals surface area contributed by atoms with E-state index in [2.05, 4.69) is 24.0 Å². The summed E-state index contributed by atoms with van der Waals surface area (Å²) in [5.74, 6) is 0.0421. The lowest BCUT2D eigenvalue weighted by Gasteiger charge is -2.20. The minimum atomic E-state index is 0. The summed E-state index contributed by atoms with van der Waals surface area (Å²) in [4.78, 5) is 22.4. The van der Waals surface area contributed by atoms with E-state index in [4.69, 9.17) is 4.98 Å². The zero-order valence-electron chi connectivity index (χ0n) is 14.6. The molecule has 0 atom stereocenters. The van der Waals surface area contributed by atoms with E-state index in [1.165, 1.54) is 11.3 Å². The van der Waals surface area contributed by atoms with Gasteiger partial charge in [0, 0.05) is 6.54 Å². The van der Waals surface area contributed by atoms with E-state index < -0.39 is 0 Å². The van der Waals surface area contributed by atoms with Crippen LogP contribution in [0.25, 0.3) is 10.2 Å². The lowest BCUT2D eigenvalue weighted by Crippen LogP contribution is -2.32. The van der Waals surface area contributed by atoms with Gasteiger partial charge in [0.25, 0.3) is 5.91 Å². The number of nitrogens with zero attached hydrogens (tertiary/aromatic N) is 3. The highest BCUT2D eigenvalue weighted by Gasteiger charge is 2.22. The molecule has 3 aromatic rings. The van der Waals surface area contributed by atoms with Gasteiger partial charge in [0.15, 0.2) is 5.13 Å². The molecule has 0 saturated carbocycles. The number of thiazole rings is 1. The van der Waals surface area contributed by atoms with E-state index in [1.807, 2.05) is 42.6 Å². The van der Waals surface area contributed by atoms with Crippen molar-refractivity contribution in [1.82, 2.24) is 9.88 Å². The Bertz CT molecular complexity index is 830. The molecule has 7 heteroatoms. The van der Waals surface area contributed by atoms with Crippen LogP contribution >= 0.6 is 35.1 Å². The van der Waals surface area contributed by atoms with E-state index in [0.717, 1.165) is 38.8 Å². The van der Waals surface area contributed by atoms with Crippen molar-refractivity contribution in [1.29, 1.82) is 0 Å². The molecule has 134 valence electrons. The van der Waals surface area contributed by atoms with Gasteiger partial charge < -0.3 is 4.90 Å². The van der Waals surface area contributed by atoms with Crippen LogP contribution in [-0.2, 0) is 0 Å². The third-order valence-electron chi connectivity index (χ3n) is 3.80. The highest BCUT2D eigenvalue weighted by molar-refractivity contribution is 7.22. The topological polar surface area (TPSA) is 36.4 Å². The van der Waals surface area contributed by atoms with Gasteiger partial charge in [0.05, 0.1) is 15.1 Å². The predicted octanol–water partition coefficient (Wildman–Crippen LogP) is 4.69. The number of fused-ring (bicyclic) bond motifs is 1.